The fourth-order valence-electron chi connectivity index (χ4n) is 4.69. The third kappa shape index (κ3) is 5.05. The summed E-state index contributed by atoms with van der Waals surface area (Å²) in [5, 5.41) is 0. The van der Waals surface area contributed by atoms with Crippen molar-refractivity contribution in [3.05, 3.63) is 106 Å². The largest absolute Gasteiger partial charge is 0.466 e. The van der Waals surface area contributed by atoms with E-state index in [1.165, 1.54) is 25.3 Å². The first-order valence-electron chi connectivity index (χ1n) is 11.7. The van der Waals surface area contributed by atoms with Crippen molar-refractivity contribution in [1.29, 1.82) is 0 Å². The van der Waals surface area contributed by atoms with Gasteiger partial charge in [-0.3, -0.25) is 0 Å². The third-order valence-corrected chi connectivity index (χ3v) is 6.66. The molecule has 180 valence electrons. The number of rotatable bonds is 6. The van der Waals surface area contributed by atoms with E-state index >= 15 is 0 Å². The average molecular weight is 471 g/mol. The van der Waals surface area contributed by atoms with Crippen molar-refractivity contribution < 1.29 is 23.8 Å². The normalized spacial score (nSPS) is 21.8. The van der Waals surface area contributed by atoms with Crippen molar-refractivity contribution in [3.63, 3.8) is 0 Å². The van der Waals surface area contributed by atoms with Crippen LogP contribution in [0.25, 0.3) is 12.2 Å². The minimum absolute atomic E-state index is 0.0119. The molecule has 0 N–H and O–H groups in total. The fourth-order valence-corrected chi connectivity index (χ4v) is 4.69. The Labute approximate surface area is 206 Å². The van der Waals surface area contributed by atoms with Gasteiger partial charge in [0.1, 0.15) is 0 Å². The van der Waals surface area contributed by atoms with Gasteiger partial charge in [-0.1, -0.05) is 78.9 Å². The van der Waals surface area contributed by atoms with Gasteiger partial charge >= 0.3 is 11.9 Å². The Morgan fingerprint density at radius 2 is 1.43 bits per heavy atom. The third-order valence-electron chi connectivity index (χ3n) is 6.66. The molecule has 1 aliphatic carbocycles. The summed E-state index contributed by atoms with van der Waals surface area (Å²) in [5.74, 6) is -1.26. The molecule has 0 fully saturated rings. The predicted octanol–water partition coefficient (Wildman–Crippen LogP) is 5.24. The minimum atomic E-state index is -0.587. The van der Waals surface area contributed by atoms with Gasteiger partial charge in [0, 0.05) is 11.8 Å². The molecule has 35 heavy (non-hydrogen) atoms. The summed E-state index contributed by atoms with van der Waals surface area (Å²) in [6.45, 7) is 4.14. The topological polar surface area (TPSA) is 61.8 Å². The van der Waals surface area contributed by atoms with Gasteiger partial charge in [-0.2, -0.15) is 0 Å². The molecule has 1 heterocycles. The van der Waals surface area contributed by atoms with E-state index in [2.05, 4.69) is 62.4 Å². The zero-order valence-electron chi connectivity index (χ0n) is 20.5. The Bertz CT molecular complexity index is 1250. The number of benzene rings is 2. The Balaban J connectivity index is 1.77. The van der Waals surface area contributed by atoms with E-state index < -0.39 is 11.9 Å². The van der Waals surface area contributed by atoms with Crippen LogP contribution in [0.3, 0.4) is 0 Å². The van der Waals surface area contributed by atoms with E-state index in [4.69, 9.17) is 14.2 Å². The molecule has 0 aromatic heterocycles. The highest BCUT2D eigenvalue weighted by Crippen LogP contribution is 2.43. The maximum absolute atomic E-state index is 12.8. The number of fused-ring (bicyclic) bond motifs is 1. The lowest BCUT2D eigenvalue weighted by molar-refractivity contribution is -0.140. The standard InChI is InChI=1S/C30H30O5/c1-19-9-5-7-11-21(19)13-14-23-17-25-27(30(32)34-4)26(29(31)33-3)18-35-28(25)24(23)16-15-22-12-8-6-10-20(22)2/h5-17,23-24,28H,18H2,1-4H3/b14-13+,16-15+/t23-,24+,28-/m1/s1. The first kappa shape index (κ1) is 24.4. The average Bonchev–Trinajstić information content (AvgIpc) is 3.23. The van der Waals surface area contributed by atoms with E-state index in [-0.39, 0.29) is 35.7 Å². The Kier molecular flexibility index (Phi) is 7.47. The second-order valence-corrected chi connectivity index (χ2v) is 8.78. The fraction of sp³-hybridized carbons (Fsp3) is 0.267. The SMILES string of the molecule is COC(=O)C1=C(C(=O)OC)C2=C[C@@H](/C=C/c3ccccc3C)[C@H](/C=C/c3ccccc3C)[C@H]2OC1. The number of carbonyl (C=O) groups is 2. The highest BCUT2D eigenvalue weighted by atomic mass is 16.5. The van der Waals surface area contributed by atoms with Crippen molar-refractivity contribution >= 4 is 24.1 Å². The van der Waals surface area contributed by atoms with E-state index in [1.54, 1.807) is 0 Å². The molecule has 0 radical (unpaired) electrons. The summed E-state index contributed by atoms with van der Waals surface area (Å²) < 4.78 is 16.1. The smallest absolute Gasteiger partial charge is 0.338 e. The van der Waals surface area contributed by atoms with Crippen molar-refractivity contribution in [3.8, 4) is 0 Å². The summed E-state index contributed by atoms with van der Waals surface area (Å²) in [6.07, 6.45) is 10.1. The maximum Gasteiger partial charge on any atom is 0.338 e. The highest BCUT2D eigenvalue weighted by Gasteiger charge is 2.43. The molecule has 5 heteroatoms. The molecule has 1 aliphatic heterocycles. The zero-order chi connectivity index (χ0) is 24.9. The molecule has 0 amide bonds. The predicted molar refractivity (Wildman–Crippen MR) is 136 cm³/mol. The molecule has 4 rings (SSSR count). The molecule has 0 unspecified atom stereocenters. The second kappa shape index (κ2) is 10.7. The van der Waals surface area contributed by atoms with Gasteiger partial charge in [0.15, 0.2) is 0 Å². The van der Waals surface area contributed by atoms with Crippen LogP contribution in [0.4, 0.5) is 0 Å². The summed E-state index contributed by atoms with van der Waals surface area (Å²) in [7, 11) is 2.61. The van der Waals surface area contributed by atoms with Crippen molar-refractivity contribution in [1.82, 2.24) is 0 Å². The van der Waals surface area contributed by atoms with E-state index in [0.29, 0.717) is 5.57 Å². The van der Waals surface area contributed by atoms with Crippen molar-refractivity contribution in [2.75, 3.05) is 20.8 Å². The number of allylic oxidation sites excluding steroid dienone is 2. The van der Waals surface area contributed by atoms with Crippen LogP contribution >= 0.6 is 0 Å². The van der Waals surface area contributed by atoms with Crippen molar-refractivity contribution in [2.45, 2.75) is 20.0 Å². The van der Waals surface area contributed by atoms with Crippen LogP contribution in [0.5, 0.6) is 0 Å². The van der Waals surface area contributed by atoms with Gasteiger partial charge in [0.2, 0.25) is 0 Å². The lowest BCUT2D eigenvalue weighted by Gasteiger charge is -2.29. The molecule has 0 saturated heterocycles. The lowest BCUT2D eigenvalue weighted by Crippen LogP contribution is -2.34. The molecule has 0 bridgehead atoms. The Morgan fingerprint density at radius 1 is 0.857 bits per heavy atom. The van der Waals surface area contributed by atoms with Crippen LogP contribution in [0.1, 0.15) is 22.3 Å². The highest BCUT2D eigenvalue weighted by molar-refractivity contribution is 6.04. The first-order valence-corrected chi connectivity index (χ1v) is 11.7. The summed E-state index contributed by atoms with van der Waals surface area (Å²) in [6, 6.07) is 16.4. The summed E-state index contributed by atoms with van der Waals surface area (Å²) >= 11 is 0. The van der Waals surface area contributed by atoms with Crippen LogP contribution in [-0.2, 0) is 23.8 Å². The monoisotopic (exact) mass is 470 g/mol. The Morgan fingerprint density at radius 3 is 2.00 bits per heavy atom. The van der Waals surface area contributed by atoms with Gasteiger partial charge in [-0.05, 0) is 41.7 Å². The molecule has 0 spiro atoms. The zero-order valence-corrected chi connectivity index (χ0v) is 20.5. The number of hydrogen-bond donors (Lipinski definition) is 0. The quantitative estimate of drug-likeness (QED) is 0.540. The minimum Gasteiger partial charge on any atom is -0.466 e. The number of methoxy groups -OCH3 is 2. The van der Waals surface area contributed by atoms with E-state index in [0.717, 1.165) is 11.1 Å². The number of ether oxygens (including phenoxy) is 3. The molecule has 2 aromatic rings. The van der Waals surface area contributed by atoms with Crippen LogP contribution in [0, 0.1) is 25.7 Å². The summed E-state index contributed by atoms with van der Waals surface area (Å²) in [4.78, 5) is 25.2. The second-order valence-electron chi connectivity index (χ2n) is 8.78. The summed E-state index contributed by atoms with van der Waals surface area (Å²) in [5.41, 5.74) is 5.71. The van der Waals surface area contributed by atoms with Gasteiger partial charge in [0.05, 0.1) is 38.1 Å². The molecular formula is C30H30O5. The van der Waals surface area contributed by atoms with Crippen LogP contribution in [-0.4, -0.2) is 38.9 Å². The number of aryl methyl sites for hydroxylation is 2. The van der Waals surface area contributed by atoms with Gasteiger partial charge < -0.3 is 14.2 Å². The van der Waals surface area contributed by atoms with E-state index in [9.17, 15) is 9.59 Å². The molecule has 5 nitrogen and oxygen atoms in total. The molecular weight excluding hydrogens is 440 g/mol. The van der Waals surface area contributed by atoms with E-state index in [1.807, 2.05) is 30.3 Å². The first-order chi connectivity index (χ1) is 16.9. The molecule has 0 saturated carbocycles. The maximum atomic E-state index is 12.8. The lowest BCUT2D eigenvalue weighted by atomic mass is 9.87. The van der Waals surface area contributed by atoms with Crippen LogP contribution in [0.2, 0.25) is 0 Å². The number of hydrogen-bond acceptors (Lipinski definition) is 5. The Hall–Kier alpha value is -3.70. The number of esters is 2. The molecule has 2 aromatic carbocycles. The molecule has 2 aliphatic rings. The number of carbonyl (C=O) groups excluding carboxylic acids is 2. The van der Waals surface area contributed by atoms with Gasteiger partial charge in [-0.25, -0.2) is 9.59 Å². The van der Waals surface area contributed by atoms with Crippen molar-refractivity contribution in [2.24, 2.45) is 11.8 Å². The van der Waals surface area contributed by atoms with Crippen LogP contribution < -0.4 is 0 Å². The van der Waals surface area contributed by atoms with Gasteiger partial charge in [0.25, 0.3) is 0 Å². The van der Waals surface area contributed by atoms with Crippen LogP contribution in [0.15, 0.2) is 83.5 Å². The molecule has 3 atom stereocenters. The van der Waals surface area contributed by atoms with Gasteiger partial charge in [-0.15, -0.1) is 0 Å².